The van der Waals surface area contributed by atoms with Gasteiger partial charge in [0.1, 0.15) is 11.0 Å². The lowest BCUT2D eigenvalue weighted by Gasteiger charge is -2.12. The molecule has 2 N–H and O–H groups in total. The normalized spacial score (nSPS) is 10.9. The number of aliphatic imine (C=N–C) groups is 1. The Morgan fingerprint density at radius 1 is 1.12 bits per heavy atom. The Balaban J connectivity index is 0.00000288. The van der Waals surface area contributed by atoms with E-state index in [1.165, 1.54) is 6.07 Å². The van der Waals surface area contributed by atoms with Gasteiger partial charge in [0, 0.05) is 26.3 Å². The van der Waals surface area contributed by atoms with E-state index in [-0.39, 0.29) is 29.8 Å². The van der Waals surface area contributed by atoms with Crippen molar-refractivity contribution < 1.29 is 4.39 Å². The number of benzene rings is 1. The summed E-state index contributed by atoms with van der Waals surface area (Å²) < 4.78 is 13.5. The van der Waals surface area contributed by atoms with Crippen LogP contribution in [-0.4, -0.2) is 31.1 Å². The molecule has 0 bridgehead atoms. The number of halogens is 3. The second-order valence-electron chi connectivity index (χ2n) is 5.01. The molecule has 0 radical (unpaired) electrons. The van der Waals surface area contributed by atoms with Crippen LogP contribution in [0, 0.1) is 5.82 Å². The van der Waals surface area contributed by atoms with Crippen LogP contribution >= 0.6 is 35.6 Å². The average molecular weight is 463 g/mol. The molecule has 0 saturated heterocycles. The van der Waals surface area contributed by atoms with E-state index in [9.17, 15) is 4.39 Å². The van der Waals surface area contributed by atoms with Crippen LogP contribution in [0.4, 0.5) is 4.39 Å². The fourth-order valence-corrected chi connectivity index (χ4v) is 2.23. The van der Waals surface area contributed by atoms with Gasteiger partial charge in [-0.25, -0.2) is 9.37 Å². The molecule has 2 rings (SSSR count). The van der Waals surface area contributed by atoms with Gasteiger partial charge in [0.2, 0.25) is 0 Å². The lowest BCUT2D eigenvalue weighted by atomic mass is 10.1. The molecule has 0 aliphatic carbocycles. The zero-order chi connectivity index (χ0) is 16.5. The maximum Gasteiger partial charge on any atom is 0.190 e. The summed E-state index contributed by atoms with van der Waals surface area (Å²) in [5.74, 6) is 0.524. The zero-order valence-corrected chi connectivity index (χ0v) is 16.5. The summed E-state index contributed by atoms with van der Waals surface area (Å²) in [5, 5.41) is 6.89. The van der Waals surface area contributed by atoms with E-state index < -0.39 is 0 Å². The van der Waals surface area contributed by atoms with Crippen LogP contribution in [0.25, 0.3) is 0 Å². The number of hydrogen-bond acceptors (Lipinski definition) is 2. The van der Waals surface area contributed by atoms with Crippen LogP contribution in [0.1, 0.15) is 11.1 Å². The molecule has 0 amide bonds. The van der Waals surface area contributed by atoms with Gasteiger partial charge in [-0.2, -0.15) is 0 Å². The van der Waals surface area contributed by atoms with E-state index in [0.29, 0.717) is 29.6 Å². The van der Waals surface area contributed by atoms with E-state index >= 15 is 0 Å². The first-order chi connectivity index (χ1) is 11.2. The van der Waals surface area contributed by atoms with Crippen molar-refractivity contribution in [1.82, 2.24) is 15.6 Å². The van der Waals surface area contributed by atoms with E-state index in [4.69, 9.17) is 11.6 Å². The fourth-order valence-electron chi connectivity index (χ4n) is 2.12. The third-order valence-corrected chi connectivity index (χ3v) is 3.59. The van der Waals surface area contributed by atoms with Crippen LogP contribution in [0.5, 0.6) is 0 Å². The fraction of sp³-hybridized carbons (Fsp3) is 0.294. The molecular weight excluding hydrogens is 442 g/mol. The van der Waals surface area contributed by atoms with Gasteiger partial charge >= 0.3 is 0 Å². The maximum atomic E-state index is 13.5. The van der Waals surface area contributed by atoms with Crippen LogP contribution in [0.3, 0.4) is 0 Å². The molecule has 0 aliphatic heterocycles. The molecule has 24 heavy (non-hydrogen) atoms. The first-order valence-corrected chi connectivity index (χ1v) is 7.85. The van der Waals surface area contributed by atoms with Gasteiger partial charge in [0.25, 0.3) is 0 Å². The van der Waals surface area contributed by atoms with E-state index in [1.54, 1.807) is 31.4 Å². The van der Waals surface area contributed by atoms with Crippen LogP contribution in [0.2, 0.25) is 5.15 Å². The molecule has 2 aromatic rings. The van der Waals surface area contributed by atoms with Gasteiger partial charge in [-0.3, -0.25) is 4.99 Å². The lowest BCUT2D eigenvalue weighted by molar-refractivity contribution is 0.606. The topological polar surface area (TPSA) is 49.3 Å². The molecule has 7 heteroatoms. The van der Waals surface area contributed by atoms with Crippen molar-refractivity contribution in [3.8, 4) is 0 Å². The smallest absolute Gasteiger partial charge is 0.190 e. The summed E-state index contributed by atoms with van der Waals surface area (Å²) in [6.45, 7) is 1.34. The Morgan fingerprint density at radius 3 is 2.46 bits per heavy atom. The van der Waals surface area contributed by atoms with Gasteiger partial charge in [-0.15, -0.1) is 24.0 Å². The highest BCUT2D eigenvalue weighted by Gasteiger charge is 2.02. The Morgan fingerprint density at radius 2 is 1.83 bits per heavy atom. The number of hydrogen-bond donors (Lipinski definition) is 2. The highest BCUT2D eigenvalue weighted by Crippen LogP contribution is 2.06. The van der Waals surface area contributed by atoms with Crippen LogP contribution in [-0.2, 0) is 12.8 Å². The number of aromatic nitrogens is 1. The van der Waals surface area contributed by atoms with Crippen molar-refractivity contribution in [1.29, 1.82) is 0 Å². The molecule has 1 aromatic heterocycles. The molecular formula is C17H21ClFIN4. The number of nitrogens with zero attached hydrogens (tertiary/aromatic N) is 2. The number of guanidine groups is 1. The highest BCUT2D eigenvalue weighted by atomic mass is 127. The summed E-state index contributed by atoms with van der Waals surface area (Å²) >= 11 is 5.75. The third-order valence-electron chi connectivity index (χ3n) is 3.36. The minimum Gasteiger partial charge on any atom is -0.356 e. The molecule has 0 aliphatic rings. The third kappa shape index (κ3) is 7.00. The second-order valence-corrected chi connectivity index (χ2v) is 5.39. The van der Waals surface area contributed by atoms with Gasteiger partial charge in [0.15, 0.2) is 5.96 Å². The minimum absolute atomic E-state index is 0. The summed E-state index contributed by atoms with van der Waals surface area (Å²) in [5.41, 5.74) is 1.80. The van der Waals surface area contributed by atoms with Gasteiger partial charge in [-0.1, -0.05) is 35.9 Å². The predicted octanol–water partition coefficient (Wildman–Crippen LogP) is 3.44. The standard InChI is InChI=1S/C17H20ClFN4.HI/c1-20-17(21-10-8-13-6-7-16(18)23-12-13)22-11-9-14-4-2-3-5-15(14)19;/h2-7,12H,8-11H2,1H3,(H2,20,21,22);1H. The number of pyridine rings is 1. The molecule has 0 atom stereocenters. The summed E-state index contributed by atoms with van der Waals surface area (Å²) in [6.07, 6.45) is 3.19. The predicted molar refractivity (Wildman–Crippen MR) is 108 cm³/mol. The monoisotopic (exact) mass is 462 g/mol. The molecule has 0 unspecified atom stereocenters. The van der Waals surface area contributed by atoms with Crippen molar-refractivity contribution in [3.63, 3.8) is 0 Å². The van der Waals surface area contributed by atoms with Gasteiger partial charge in [0.05, 0.1) is 0 Å². The molecule has 130 valence electrons. The lowest BCUT2D eigenvalue weighted by Crippen LogP contribution is -2.39. The Hall–Kier alpha value is -1.41. The Bertz CT molecular complexity index is 649. The highest BCUT2D eigenvalue weighted by molar-refractivity contribution is 14.0. The van der Waals surface area contributed by atoms with Crippen molar-refractivity contribution in [3.05, 3.63) is 64.7 Å². The first kappa shape index (κ1) is 20.6. The van der Waals surface area contributed by atoms with Crippen LogP contribution < -0.4 is 10.6 Å². The zero-order valence-electron chi connectivity index (χ0n) is 13.4. The largest absolute Gasteiger partial charge is 0.356 e. The molecule has 1 heterocycles. The minimum atomic E-state index is -0.174. The summed E-state index contributed by atoms with van der Waals surface area (Å²) in [6, 6.07) is 10.5. The first-order valence-electron chi connectivity index (χ1n) is 7.47. The van der Waals surface area contributed by atoms with E-state index in [2.05, 4.69) is 20.6 Å². The van der Waals surface area contributed by atoms with Gasteiger partial charge in [-0.05, 0) is 36.1 Å². The second kappa shape index (κ2) is 11.2. The van der Waals surface area contributed by atoms with E-state index in [1.807, 2.05) is 12.1 Å². The average Bonchev–Trinajstić information content (AvgIpc) is 2.57. The Kier molecular flexibility index (Phi) is 9.63. The molecule has 0 saturated carbocycles. The SMILES string of the molecule is CN=C(NCCc1ccc(Cl)nc1)NCCc1ccccc1F.I. The molecule has 0 fully saturated rings. The van der Waals surface area contributed by atoms with Crippen LogP contribution in [0.15, 0.2) is 47.6 Å². The summed E-state index contributed by atoms with van der Waals surface area (Å²) in [4.78, 5) is 8.20. The number of rotatable bonds is 6. The quantitative estimate of drug-likeness (QED) is 0.299. The molecule has 0 spiro atoms. The van der Waals surface area contributed by atoms with E-state index in [0.717, 1.165) is 18.5 Å². The van der Waals surface area contributed by atoms with Crippen molar-refractivity contribution in [2.45, 2.75) is 12.8 Å². The maximum absolute atomic E-state index is 13.5. The molecule has 1 aromatic carbocycles. The Labute approximate surface area is 164 Å². The van der Waals surface area contributed by atoms with Crippen molar-refractivity contribution in [2.24, 2.45) is 4.99 Å². The summed E-state index contributed by atoms with van der Waals surface area (Å²) in [7, 11) is 1.71. The van der Waals surface area contributed by atoms with Crippen molar-refractivity contribution >= 4 is 41.5 Å². The van der Waals surface area contributed by atoms with Gasteiger partial charge < -0.3 is 10.6 Å². The molecule has 4 nitrogen and oxygen atoms in total. The van der Waals surface area contributed by atoms with Crippen molar-refractivity contribution in [2.75, 3.05) is 20.1 Å². The number of nitrogens with one attached hydrogen (secondary N) is 2.